The number of hydrogen-bond acceptors (Lipinski definition) is 2. The first-order valence-corrected chi connectivity index (χ1v) is 5.57. The van der Waals surface area contributed by atoms with Gasteiger partial charge >= 0.3 is 0 Å². The predicted molar refractivity (Wildman–Crippen MR) is 64.2 cm³/mol. The fourth-order valence-corrected chi connectivity index (χ4v) is 1.53. The number of ether oxygens (including phenoxy) is 1. The first kappa shape index (κ1) is 12.5. The van der Waals surface area contributed by atoms with Crippen LogP contribution in [0.4, 0.5) is 0 Å². The van der Waals surface area contributed by atoms with Crippen molar-refractivity contribution in [2.75, 3.05) is 13.7 Å². The Balaban J connectivity index is 2.33. The molecule has 1 atom stereocenters. The van der Waals surface area contributed by atoms with Crippen LogP contribution in [0.1, 0.15) is 18.9 Å². The van der Waals surface area contributed by atoms with Gasteiger partial charge in [0.15, 0.2) is 0 Å². The second-order valence-electron chi connectivity index (χ2n) is 3.65. The Morgan fingerprint density at radius 1 is 1.40 bits per heavy atom. The molecule has 0 saturated heterocycles. The molecule has 1 aromatic carbocycles. The van der Waals surface area contributed by atoms with Crippen LogP contribution in [-0.4, -0.2) is 19.8 Å². The van der Waals surface area contributed by atoms with Crippen molar-refractivity contribution in [1.29, 1.82) is 0 Å². The predicted octanol–water partition coefficient (Wildman–Crippen LogP) is 2.85. The van der Waals surface area contributed by atoms with E-state index < -0.39 is 0 Å². The number of benzene rings is 1. The normalized spacial score (nSPS) is 12.7. The first-order chi connectivity index (χ1) is 7.24. The highest BCUT2D eigenvalue weighted by molar-refractivity contribution is 6.31. The average Bonchev–Trinajstić information content (AvgIpc) is 2.25. The molecule has 0 radical (unpaired) electrons. The summed E-state index contributed by atoms with van der Waals surface area (Å²) in [6.07, 6.45) is 1.01. The molecule has 1 N–H and O–H groups in total. The van der Waals surface area contributed by atoms with E-state index in [0.717, 1.165) is 30.2 Å². The van der Waals surface area contributed by atoms with Crippen molar-refractivity contribution in [3.8, 4) is 0 Å². The second-order valence-corrected chi connectivity index (χ2v) is 4.06. The van der Waals surface area contributed by atoms with E-state index >= 15 is 0 Å². The van der Waals surface area contributed by atoms with Gasteiger partial charge in [0.1, 0.15) is 0 Å². The van der Waals surface area contributed by atoms with Crippen LogP contribution in [0.2, 0.25) is 5.02 Å². The summed E-state index contributed by atoms with van der Waals surface area (Å²) in [5.41, 5.74) is 1.14. The Morgan fingerprint density at radius 2 is 2.13 bits per heavy atom. The third-order valence-electron chi connectivity index (χ3n) is 2.35. The Kier molecular flexibility index (Phi) is 5.69. The zero-order chi connectivity index (χ0) is 11.1. The van der Waals surface area contributed by atoms with Crippen molar-refractivity contribution < 1.29 is 4.74 Å². The number of nitrogens with one attached hydrogen (secondary N) is 1. The lowest BCUT2D eigenvalue weighted by molar-refractivity contribution is 0.184. The van der Waals surface area contributed by atoms with E-state index in [-0.39, 0.29) is 0 Å². The summed E-state index contributed by atoms with van der Waals surface area (Å²) in [4.78, 5) is 0. The van der Waals surface area contributed by atoms with Crippen molar-refractivity contribution in [3.05, 3.63) is 34.9 Å². The van der Waals surface area contributed by atoms with Crippen LogP contribution < -0.4 is 5.32 Å². The number of hydrogen-bond donors (Lipinski definition) is 1. The second kappa shape index (κ2) is 6.83. The summed E-state index contributed by atoms with van der Waals surface area (Å²) in [5.74, 6) is 0. The van der Waals surface area contributed by atoms with Gasteiger partial charge in [0.2, 0.25) is 0 Å². The molecule has 0 heterocycles. The van der Waals surface area contributed by atoms with Gasteiger partial charge in [-0.1, -0.05) is 29.8 Å². The van der Waals surface area contributed by atoms with Gasteiger partial charge in [-0.15, -0.1) is 0 Å². The van der Waals surface area contributed by atoms with E-state index in [9.17, 15) is 0 Å². The van der Waals surface area contributed by atoms with Gasteiger partial charge in [-0.3, -0.25) is 0 Å². The number of halogens is 1. The maximum absolute atomic E-state index is 6.05. The Bertz CT molecular complexity index is 291. The SMILES string of the molecule is COCCC(C)NCc1ccccc1Cl. The van der Waals surface area contributed by atoms with Crippen LogP contribution in [0.3, 0.4) is 0 Å². The van der Waals surface area contributed by atoms with Crippen LogP contribution >= 0.6 is 11.6 Å². The van der Waals surface area contributed by atoms with Crippen molar-refractivity contribution in [1.82, 2.24) is 5.32 Å². The quantitative estimate of drug-likeness (QED) is 0.807. The summed E-state index contributed by atoms with van der Waals surface area (Å²) in [6.45, 7) is 3.75. The topological polar surface area (TPSA) is 21.3 Å². The van der Waals surface area contributed by atoms with E-state index in [4.69, 9.17) is 16.3 Å². The molecule has 0 spiro atoms. The summed E-state index contributed by atoms with van der Waals surface area (Å²) in [6, 6.07) is 8.35. The van der Waals surface area contributed by atoms with Crippen LogP contribution in [0.25, 0.3) is 0 Å². The minimum atomic E-state index is 0.446. The highest BCUT2D eigenvalue weighted by atomic mass is 35.5. The molecule has 0 aromatic heterocycles. The lowest BCUT2D eigenvalue weighted by Gasteiger charge is -2.13. The van der Waals surface area contributed by atoms with Gasteiger partial charge in [0.25, 0.3) is 0 Å². The van der Waals surface area contributed by atoms with E-state index in [2.05, 4.69) is 12.2 Å². The molecule has 0 aliphatic rings. The maximum atomic E-state index is 6.05. The van der Waals surface area contributed by atoms with Crippen molar-refractivity contribution >= 4 is 11.6 Å². The Morgan fingerprint density at radius 3 is 2.80 bits per heavy atom. The Hall–Kier alpha value is -0.570. The van der Waals surface area contributed by atoms with Crippen molar-refractivity contribution in [2.24, 2.45) is 0 Å². The molecule has 15 heavy (non-hydrogen) atoms. The minimum Gasteiger partial charge on any atom is -0.385 e. The molecule has 0 fully saturated rings. The molecule has 0 amide bonds. The molecule has 0 aliphatic heterocycles. The van der Waals surface area contributed by atoms with E-state index in [1.54, 1.807) is 7.11 Å². The average molecular weight is 228 g/mol. The fraction of sp³-hybridized carbons (Fsp3) is 0.500. The van der Waals surface area contributed by atoms with Crippen molar-refractivity contribution in [3.63, 3.8) is 0 Å². The molecule has 0 bridgehead atoms. The van der Waals surface area contributed by atoms with Gasteiger partial charge in [-0.25, -0.2) is 0 Å². The lowest BCUT2D eigenvalue weighted by atomic mass is 10.2. The molecule has 3 heteroatoms. The smallest absolute Gasteiger partial charge is 0.0476 e. The molecule has 0 saturated carbocycles. The molecular weight excluding hydrogens is 210 g/mol. The largest absolute Gasteiger partial charge is 0.385 e. The van der Waals surface area contributed by atoms with Gasteiger partial charge in [-0.05, 0) is 25.0 Å². The third-order valence-corrected chi connectivity index (χ3v) is 2.72. The van der Waals surface area contributed by atoms with Gasteiger partial charge < -0.3 is 10.1 Å². The van der Waals surface area contributed by atoms with Gasteiger partial charge in [0.05, 0.1) is 0 Å². The minimum absolute atomic E-state index is 0.446. The van der Waals surface area contributed by atoms with Crippen LogP contribution in [0.15, 0.2) is 24.3 Å². The monoisotopic (exact) mass is 227 g/mol. The summed E-state index contributed by atoms with van der Waals surface area (Å²) >= 11 is 6.05. The molecular formula is C12H18ClNO. The van der Waals surface area contributed by atoms with E-state index in [0.29, 0.717) is 6.04 Å². The standard InChI is InChI=1S/C12H18ClNO/c1-10(7-8-15-2)14-9-11-5-3-4-6-12(11)13/h3-6,10,14H,7-9H2,1-2H3. The highest BCUT2D eigenvalue weighted by Crippen LogP contribution is 2.14. The molecule has 1 unspecified atom stereocenters. The van der Waals surface area contributed by atoms with Gasteiger partial charge in [0, 0.05) is 31.3 Å². The molecule has 1 rings (SSSR count). The zero-order valence-electron chi connectivity index (χ0n) is 9.29. The lowest BCUT2D eigenvalue weighted by Crippen LogP contribution is -2.26. The first-order valence-electron chi connectivity index (χ1n) is 5.19. The summed E-state index contributed by atoms with van der Waals surface area (Å²) in [7, 11) is 1.72. The molecule has 2 nitrogen and oxygen atoms in total. The fourth-order valence-electron chi connectivity index (χ4n) is 1.32. The molecule has 0 aliphatic carbocycles. The number of methoxy groups -OCH3 is 1. The Labute approximate surface area is 96.6 Å². The summed E-state index contributed by atoms with van der Waals surface area (Å²) < 4.78 is 5.02. The maximum Gasteiger partial charge on any atom is 0.0476 e. The van der Waals surface area contributed by atoms with Crippen LogP contribution in [-0.2, 0) is 11.3 Å². The van der Waals surface area contributed by atoms with E-state index in [1.165, 1.54) is 0 Å². The zero-order valence-corrected chi connectivity index (χ0v) is 10.1. The van der Waals surface area contributed by atoms with Crippen LogP contribution in [0, 0.1) is 0 Å². The van der Waals surface area contributed by atoms with E-state index in [1.807, 2.05) is 24.3 Å². The third kappa shape index (κ3) is 4.65. The summed E-state index contributed by atoms with van der Waals surface area (Å²) in [5, 5.41) is 4.23. The highest BCUT2D eigenvalue weighted by Gasteiger charge is 2.02. The van der Waals surface area contributed by atoms with Crippen LogP contribution in [0.5, 0.6) is 0 Å². The number of rotatable bonds is 6. The van der Waals surface area contributed by atoms with Crippen molar-refractivity contribution in [2.45, 2.75) is 25.9 Å². The molecule has 1 aromatic rings. The van der Waals surface area contributed by atoms with Gasteiger partial charge in [-0.2, -0.15) is 0 Å². The molecule has 84 valence electrons.